The number of guanidine groups is 1. The number of aromatic nitrogens is 4. The fourth-order valence-corrected chi connectivity index (χ4v) is 3.83. The lowest BCUT2D eigenvalue weighted by molar-refractivity contribution is 0.295. The van der Waals surface area contributed by atoms with Crippen LogP contribution in [0.2, 0.25) is 0 Å². The van der Waals surface area contributed by atoms with Crippen molar-refractivity contribution in [1.29, 1.82) is 0 Å². The van der Waals surface area contributed by atoms with Crippen molar-refractivity contribution < 1.29 is 0 Å². The smallest absolute Gasteiger partial charge is 0.193 e. The number of hydrogen-bond acceptors (Lipinski definition) is 4. The van der Waals surface area contributed by atoms with E-state index in [1.807, 2.05) is 42.9 Å². The molecule has 2 unspecified atom stereocenters. The highest BCUT2D eigenvalue weighted by molar-refractivity contribution is 14.0. The summed E-state index contributed by atoms with van der Waals surface area (Å²) in [6.07, 6.45) is 10.4. The first kappa shape index (κ1) is 22.7. The first-order valence-corrected chi connectivity index (χ1v) is 9.54. The van der Waals surface area contributed by atoms with Gasteiger partial charge in [0.15, 0.2) is 5.96 Å². The maximum atomic E-state index is 4.52. The fourth-order valence-electron chi connectivity index (χ4n) is 3.83. The van der Waals surface area contributed by atoms with Gasteiger partial charge in [0.1, 0.15) is 0 Å². The van der Waals surface area contributed by atoms with Crippen LogP contribution in [0.25, 0.3) is 0 Å². The average molecular weight is 500 g/mol. The number of aliphatic imine (C=N–C) groups is 1. The molecule has 0 radical (unpaired) electrons. The van der Waals surface area contributed by atoms with Crippen molar-refractivity contribution in [1.82, 2.24) is 34.7 Å². The molecule has 0 saturated carbocycles. The molecule has 1 aliphatic rings. The Kier molecular flexibility index (Phi) is 8.29. The van der Waals surface area contributed by atoms with Gasteiger partial charge in [-0.2, -0.15) is 10.2 Å². The van der Waals surface area contributed by atoms with Crippen LogP contribution in [0, 0.1) is 5.92 Å². The molecule has 0 aliphatic carbocycles. The summed E-state index contributed by atoms with van der Waals surface area (Å²) in [5.74, 6) is 1.63. The number of nitrogens with one attached hydrogen (secondary N) is 1. The van der Waals surface area contributed by atoms with Crippen LogP contribution in [-0.4, -0.2) is 76.1 Å². The van der Waals surface area contributed by atoms with Crippen molar-refractivity contribution in [2.24, 2.45) is 25.0 Å². The minimum atomic E-state index is 0. The Labute approximate surface area is 185 Å². The van der Waals surface area contributed by atoms with Gasteiger partial charge in [0, 0.05) is 58.7 Å². The van der Waals surface area contributed by atoms with Gasteiger partial charge < -0.3 is 15.1 Å². The summed E-state index contributed by atoms with van der Waals surface area (Å²) >= 11 is 0. The molecule has 1 N–H and O–H groups in total. The highest BCUT2D eigenvalue weighted by Gasteiger charge is 2.26. The van der Waals surface area contributed by atoms with Crippen LogP contribution in [0.5, 0.6) is 0 Å². The minimum Gasteiger partial charge on any atom is -0.354 e. The molecule has 8 nitrogen and oxygen atoms in total. The van der Waals surface area contributed by atoms with Crippen LogP contribution in [0.15, 0.2) is 29.8 Å². The van der Waals surface area contributed by atoms with E-state index in [1.165, 1.54) is 17.5 Å². The van der Waals surface area contributed by atoms with Gasteiger partial charge in [-0.1, -0.05) is 0 Å². The molecule has 0 aromatic carbocycles. The Bertz CT molecular complexity index is 766. The number of halogens is 1. The van der Waals surface area contributed by atoms with Gasteiger partial charge in [-0.05, 0) is 38.4 Å². The van der Waals surface area contributed by atoms with E-state index < -0.39 is 0 Å². The molecule has 0 amide bonds. The Morgan fingerprint density at radius 3 is 2.54 bits per heavy atom. The van der Waals surface area contributed by atoms with Gasteiger partial charge in [-0.3, -0.25) is 14.4 Å². The van der Waals surface area contributed by atoms with Crippen LogP contribution in [0.1, 0.15) is 23.6 Å². The lowest BCUT2D eigenvalue weighted by atomic mass is 10.0. The standard InChI is InChI=1S/C19H32N8.HI/c1-20-19(21-11-18(24(2)3)17-10-23-26(5)14-17)27-7-6-15(13-27)8-16-9-22-25(4)12-16;/h9-10,12,14-15,18H,6-8,11,13H2,1-5H3,(H,20,21);1H. The molecule has 2 aromatic heterocycles. The number of likely N-dealkylation sites (tertiary alicyclic amines) is 1. The highest BCUT2D eigenvalue weighted by atomic mass is 127. The van der Waals surface area contributed by atoms with Crippen molar-refractivity contribution >= 4 is 29.9 Å². The summed E-state index contributed by atoms with van der Waals surface area (Å²) in [7, 11) is 9.99. The second-order valence-corrected chi connectivity index (χ2v) is 7.68. The first-order chi connectivity index (χ1) is 13.0. The SMILES string of the molecule is CN=C(NCC(c1cnn(C)c1)N(C)C)N1CCC(Cc2cnn(C)c2)C1.I. The zero-order valence-electron chi connectivity index (χ0n) is 17.5. The molecular formula is C19H33IN8. The summed E-state index contributed by atoms with van der Waals surface area (Å²) < 4.78 is 3.73. The highest BCUT2D eigenvalue weighted by Crippen LogP contribution is 2.21. The van der Waals surface area contributed by atoms with Crippen molar-refractivity contribution in [3.05, 3.63) is 35.9 Å². The molecule has 0 spiro atoms. The molecule has 2 atom stereocenters. The molecule has 1 saturated heterocycles. The number of nitrogens with zero attached hydrogens (tertiary/aromatic N) is 7. The van der Waals surface area contributed by atoms with E-state index in [0.717, 1.165) is 32.0 Å². The van der Waals surface area contributed by atoms with Crippen LogP contribution in [0.3, 0.4) is 0 Å². The Morgan fingerprint density at radius 1 is 1.25 bits per heavy atom. The Morgan fingerprint density at radius 2 is 1.96 bits per heavy atom. The first-order valence-electron chi connectivity index (χ1n) is 9.54. The number of hydrogen-bond donors (Lipinski definition) is 1. The normalized spacial score (nSPS) is 18.4. The van der Waals surface area contributed by atoms with Crippen molar-refractivity contribution in [2.45, 2.75) is 18.9 Å². The molecule has 3 heterocycles. The summed E-state index contributed by atoms with van der Waals surface area (Å²) in [5.41, 5.74) is 2.53. The summed E-state index contributed by atoms with van der Waals surface area (Å²) in [5, 5.41) is 12.2. The molecule has 2 aromatic rings. The van der Waals surface area contributed by atoms with E-state index in [4.69, 9.17) is 0 Å². The van der Waals surface area contributed by atoms with Gasteiger partial charge in [0.25, 0.3) is 0 Å². The molecule has 0 bridgehead atoms. The monoisotopic (exact) mass is 500 g/mol. The number of likely N-dealkylation sites (N-methyl/N-ethyl adjacent to an activating group) is 1. The van der Waals surface area contributed by atoms with E-state index in [-0.39, 0.29) is 30.0 Å². The zero-order chi connectivity index (χ0) is 19.4. The summed E-state index contributed by atoms with van der Waals surface area (Å²) in [6, 6.07) is 0.254. The minimum absolute atomic E-state index is 0. The topological polar surface area (TPSA) is 66.5 Å². The second kappa shape index (κ2) is 10.2. The van der Waals surface area contributed by atoms with E-state index in [9.17, 15) is 0 Å². The quantitative estimate of drug-likeness (QED) is 0.370. The predicted octanol–water partition coefficient (Wildman–Crippen LogP) is 1.51. The number of aryl methyl sites for hydroxylation is 2. The third kappa shape index (κ3) is 5.69. The molecule has 1 fully saturated rings. The van der Waals surface area contributed by atoms with Crippen LogP contribution >= 0.6 is 24.0 Å². The van der Waals surface area contributed by atoms with Gasteiger partial charge in [-0.25, -0.2) is 0 Å². The van der Waals surface area contributed by atoms with E-state index in [1.54, 1.807) is 0 Å². The third-order valence-electron chi connectivity index (χ3n) is 5.27. The van der Waals surface area contributed by atoms with Crippen LogP contribution < -0.4 is 5.32 Å². The van der Waals surface area contributed by atoms with Gasteiger partial charge >= 0.3 is 0 Å². The maximum Gasteiger partial charge on any atom is 0.193 e. The molecule has 28 heavy (non-hydrogen) atoms. The lowest BCUT2D eigenvalue weighted by Crippen LogP contribution is -2.43. The Balaban J connectivity index is 0.00000280. The number of rotatable bonds is 6. The van der Waals surface area contributed by atoms with Gasteiger partial charge in [-0.15, -0.1) is 24.0 Å². The summed E-state index contributed by atoms with van der Waals surface area (Å²) in [4.78, 5) is 9.11. The van der Waals surface area contributed by atoms with E-state index in [2.05, 4.69) is 56.8 Å². The molecule has 9 heteroatoms. The Hall–Kier alpha value is -1.62. The van der Waals surface area contributed by atoms with Crippen molar-refractivity contribution in [3.8, 4) is 0 Å². The molecular weight excluding hydrogens is 467 g/mol. The van der Waals surface area contributed by atoms with Crippen molar-refractivity contribution in [2.75, 3.05) is 40.8 Å². The van der Waals surface area contributed by atoms with Gasteiger partial charge in [0.05, 0.1) is 18.4 Å². The van der Waals surface area contributed by atoms with Crippen LogP contribution in [-0.2, 0) is 20.5 Å². The molecule has 1 aliphatic heterocycles. The summed E-state index contributed by atoms with van der Waals surface area (Å²) in [6.45, 7) is 2.88. The van der Waals surface area contributed by atoms with Crippen molar-refractivity contribution in [3.63, 3.8) is 0 Å². The molecule has 156 valence electrons. The second-order valence-electron chi connectivity index (χ2n) is 7.68. The average Bonchev–Trinajstić information content (AvgIpc) is 3.34. The zero-order valence-corrected chi connectivity index (χ0v) is 19.9. The van der Waals surface area contributed by atoms with E-state index in [0.29, 0.717) is 5.92 Å². The predicted molar refractivity (Wildman–Crippen MR) is 123 cm³/mol. The maximum absolute atomic E-state index is 4.52. The third-order valence-corrected chi connectivity index (χ3v) is 5.27. The fraction of sp³-hybridized carbons (Fsp3) is 0.632. The van der Waals surface area contributed by atoms with E-state index >= 15 is 0 Å². The lowest BCUT2D eigenvalue weighted by Gasteiger charge is -2.27. The van der Waals surface area contributed by atoms with Crippen LogP contribution in [0.4, 0.5) is 0 Å². The largest absolute Gasteiger partial charge is 0.354 e. The molecule has 3 rings (SSSR count). The van der Waals surface area contributed by atoms with Gasteiger partial charge in [0.2, 0.25) is 0 Å².